The predicted octanol–water partition coefficient (Wildman–Crippen LogP) is 3.49. The van der Waals surface area contributed by atoms with Crippen molar-refractivity contribution in [2.45, 2.75) is 0 Å². The van der Waals surface area contributed by atoms with Crippen LogP contribution in [-0.2, 0) is 0 Å². The molecule has 0 radical (unpaired) electrons. The molecular formula is C14H12N2O6. The smallest absolute Gasteiger partial charge is 0.409 e. The average Bonchev–Trinajstić information content (AvgIpc) is 2.48. The number of methoxy groups -OCH3 is 1. The summed E-state index contributed by atoms with van der Waals surface area (Å²) in [6, 6.07) is 10.3. The first-order chi connectivity index (χ1) is 10.5. The van der Waals surface area contributed by atoms with Gasteiger partial charge in [-0.25, -0.2) is 4.79 Å². The van der Waals surface area contributed by atoms with E-state index in [9.17, 15) is 14.9 Å². The molecule has 0 heterocycles. The Balaban J connectivity index is 2.16. The van der Waals surface area contributed by atoms with Gasteiger partial charge in [-0.3, -0.25) is 15.4 Å². The average molecular weight is 304 g/mol. The maximum Gasteiger partial charge on any atom is 0.409 e. The van der Waals surface area contributed by atoms with Crippen LogP contribution in [0.25, 0.3) is 0 Å². The Morgan fingerprint density at radius 2 is 1.82 bits per heavy atom. The van der Waals surface area contributed by atoms with Crippen LogP contribution in [-0.4, -0.2) is 23.2 Å². The van der Waals surface area contributed by atoms with Gasteiger partial charge in [-0.1, -0.05) is 0 Å². The normalized spacial score (nSPS) is 9.86. The van der Waals surface area contributed by atoms with E-state index in [1.165, 1.54) is 37.4 Å². The monoisotopic (exact) mass is 304 g/mol. The summed E-state index contributed by atoms with van der Waals surface area (Å²) in [7, 11) is 1.33. The fourth-order valence-corrected chi connectivity index (χ4v) is 1.74. The van der Waals surface area contributed by atoms with Crippen molar-refractivity contribution in [3.8, 4) is 17.2 Å². The molecule has 0 saturated heterocycles. The van der Waals surface area contributed by atoms with Crippen LogP contribution in [0.2, 0.25) is 0 Å². The van der Waals surface area contributed by atoms with Crippen molar-refractivity contribution in [1.82, 2.24) is 0 Å². The highest BCUT2D eigenvalue weighted by molar-refractivity contribution is 5.82. The van der Waals surface area contributed by atoms with Gasteiger partial charge in [-0.05, 0) is 30.3 Å². The van der Waals surface area contributed by atoms with Gasteiger partial charge in [0.05, 0.1) is 12.0 Å². The minimum absolute atomic E-state index is 0.0895. The summed E-state index contributed by atoms with van der Waals surface area (Å²) >= 11 is 0. The molecule has 0 aliphatic rings. The maximum absolute atomic E-state index is 10.8. The van der Waals surface area contributed by atoms with Gasteiger partial charge in [-0.15, -0.1) is 0 Å². The van der Waals surface area contributed by atoms with Gasteiger partial charge in [-0.2, -0.15) is 0 Å². The molecule has 2 aromatic carbocycles. The number of carbonyl (C=O) groups is 1. The molecule has 2 N–H and O–H groups in total. The van der Waals surface area contributed by atoms with E-state index in [0.717, 1.165) is 0 Å². The van der Waals surface area contributed by atoms with Crippen molar-refractivity contribution >= 4 is 17.5 Å². The van der Waals surface area contributed by atoms with E-state index >= 15 is 0 Å². The highest BCUT2D eigenvalue weighted by Crippen LogP contribution is 2.33. The van der Waals surface area contributed by atoms with E-state index in [0.29, 0.717) is 17.2 Å². The highest BCUT2D eigenvalue weighted by atomic mass is 16.6. The zero-order chi connectivity index (χ0) is 16.1. The molecule has 2 aromatic rings. The number of nitro benzene ring substituents is 1. The summed E-state index contributed by atoms with van der Waals surface area (Å²) in [5.41, 5.74) is 0.247. The molecule has 0 fully saturated rings. The Morgan fingerprint density at radius 3 is 2.36 bits per heavy atom. The van der Waals surface area contributed by atoms with E-state index in [-0.39, 0.29) is 11.4 Å². The molecule has 8 heteroatoms. The second-order valence-corrected chi connectivity index (χ2v) is 4.15. The topological polar surface area (TPSA) is 111 Å². The third-order valence-corrected chi connectivity index (χ3v) is 2.69. The number of carboxylic acid groups (broad SMARTS) is 1. The number of nitro groups is 1. The van der Waals surface area contributed by atoms with Gasteiger partial charge in [0.1, 0.15) is 11.5 Å². The molecule has 1 amide bonds. The molecule has 0 atom stereocenters. The lowest BCUT2D eigenvalue weighted by molar-refractivity contribution is -0.385. The molecule has 0 bridgehead atoms. The zero-order valence-corrected chi connectivity index (χ0v) is 11.5. The number of amides is 1. The van der Waals surface area contributed by atoms with Gasteiger partial charge in [0, 0.05) is 17.8 Å². The van der Waals surface area contributed by atoms with E-state index in [4.69, 9.17) is 14.6 Å². The Hall–Kier alpha value is -3.29. The van der Waals surface area contributed by atoms with Gasteiger partial charge < -0.3 is 14.6 Å². The van der Waals surface area contributed by atoms with Crippen LogP contribution in [0.5, 0.6) is 17.2 Å². The molecule has 0 unspecified atom stereocenters. The lowest BCUT2D eigenvalue weighted by Crippen LogP contribution is -2.06. The second-order valence-electron chi connectivity index (χ2n) is 4.15. The van der Waals surface area contributed by atoms with Crippen molar-refractivity contribution in [1.29, 1.82) is 0 Å². The molecule has 2 rings (SSSR count). The van der Waals surface area contributed by atoms with Gasteiger partial charge in [0.25, 0.3) is 0 Å². The largest absolute Gasteiger partial charge is 0.490 e. The lowest BCUT2D eigenvalue weighted by atomic mass is 10.2. The minimum atomic E-state index is -1.16. The first kappa shape index (κ1) is 15.1. The van der Waals surface area contributed by atoms with Crippen LogP contribution < -0.4 is 14.8 Å². The molecule has 0 aliphatic carbocycles. The Kier molecular flexibility index (Phi) is 4.42. The van der Waals surface area contributed by atoms with Gasteiger partial charge in [0.2, 0.25) is 5.75 Å². The standard InChI is InChI=1S/C14H12N2O6/c1-21-13-8-11(6-7-12(13)16(19)20)22-10-4-2-9(3-5-10)15-14(17)18/h2-8,15H,1H3,(H,17,18). The van der Waals surface area contributed by atoms with Crippen molar-refractivity contribution in [2.75, 3.05) is 12.4 Å². The number of benzene rings is 2. The summed E-state index contributed by atoms with van der Waals surface area (Å²) < 4.78 is 10.5. The van der Waals surface area contributed by atoms with Crippen LogP contribution in [0.3, 0.4) is 0 Å². The molecule has 0 aromatic heterocycles. The van der Waals surface area contributed by atoms with Crippen LogP contribution in [0.4, 0.5) is 16.2 Å². The summed E-state index contributed by atoms with van der Waals surface area (Å²) in [6.45, 7) is 0. The third-order valence-electron chi connectivity index (χ3n) is 2.69. The van der Waals surface area contributed by atoms with Crippen LogP contribution in [0.1, 0.15) is 0 Å². The van der Waals surface area contributed by atoms with E-state index in [1.807, 2.05) is 0 Å². The van der Waals surface area contributed by atoms with Crippen molar-refractivity contribution in [3.05, 3.63) is 52.6 Å². The van der Waals surface area contributed by atoms with E-state index in [2.05, 4.69) is 5.32 Å². The van der Waals surface area contributed by atoms with Crippen molar-refractivity contribution in [3.63, 3.8) is 0 Å². The number of hydrogen-bond acceptors (Lipinski definition) is 5. The molecule has 0 saturated carbocycles. The number of nitrogens with zero attached hydrogens (tertiary/aromatic N) is 1. The van der Waals surface area contributed by atoms with Gasteiger partial charge in [0.15, 0.2) is 0 Å². The SMILES string of the molecule is COc1cc(Oc2ccc(NC(=O)O)cc2)ccc1[N+](=O)[O-]. The summed E-state index contributed by atoms with van der Waals surface area (Å²) in [4.78, 5) is 20.7. The fourth-order valence-electron chi connectivity index (χ4n) is 1.74. The lowest BCUT2D eigenvalue weighted by Gasteiger charge is -2.08. The maximum atomic E-state index is 10.8. The second kappa shape index (κ2) is 6.44. The number of anilines is 1. The van der Waals surface area contributed by atoms with E-state index in [1.54, 1.807) is 12.1 Å². The summed E-state index contributed by atoms with van der Waals surface area (Å²) in [5, 5.41) is 21.6. The molecule has 0 aliphatic heterocycles. The molecule has 8 nitrogen and oxygen atoms in total. The summed E-state index contributed by atoms with van der Waals surface area (Å²) in [6.07, 6.45) is -1.16. The third kappa shape index (κ3) is 3.63. The molecule has 114 valence electrons. The number of nitrogens with one attached hydrogen (secondary N) is 1. The Labute approximate surface area is 125 Å². The first-order valence-electron chi connectivity index (χ1n) is 6.10. The molecule has 22 heavy (non-hydrogen) atoms. The van der Waals surface area contributed by atoms with Crippen molar-refractivity contribution < 1.29 is 24.3 Å². The Bertz CT molecular complexity index is 699. The minimum Gasteiger partial charge on any atom is -0.490 e. The van der Waals surface area contributed by atoms with Crippen LogP contribution in [0.15, 0.2) is 42.5 Å². The fraction of sp³-hybridized carbons (Fsp3) is 0.0714. The quantitative estimate of drug-likeness (QED) is 0.646. The number of ether oxygens (including phenoxy) is 2. The number of rotatable bonds is 5. The van der Waals surface area contributed by atoms with Crippen molar-refractivity contribution in [2.24, 2.45) is 0 Å². The van der Waals surface area contributed by atoms with Gasteiger partial charge >= 0.3 is 11.8 Å². The van der Waals surface area contributed by atoms with E-state index < -0.39 is 11.0 Å². The predicted molar refractivity (Wildman–Crippen MR) is 77.8 cm³/mol. The molecular weight excluding hydrogens is 292 g/mol. The van der Waals surface area contributed by atoms with Crippen LogP contribution in [0, 0.1) is 10.1 Å². The highest BCUT2D eigenvalue weighted by Gasteiger charge is 2.15. The first-order valence-corrected chi connectivity index (χ1v) is 6.10. The van der Waals surface area contributed by atoms with Crippen LogP contribution >= 0.6 is 0 Å². The zero-order valence-electron chi connectivity index (χ0n) is 11.5. The Morgan fingerprint density at radius 1 is 1.18 bits per heavy atom. The number of hydrogen-bond donors (Lipinski definition) is 2. The molecule has 0 spiro atoms. The summed E-state index contributed by atoms with van der Waals surface area (Å²) in [5.74, 6) is 0.903.